The number of benzene rings is 2. The molecule has 26 heavy (non-hydrogen) atoms. The van der Waals surface area contributed by atoms with Crippen molar-refractivity contribution in [2.24, 2.45) is 5.92 Å². The van der Waals surface area contributed by atoms with Crippen LogP contribution >= 0.6 is 0 Å². The molecule has 0 spiro atoms. The maximum absolute atomic E-state index is 12.6. The molecule has 1 heterocycles. The lowest BCUT2D eigenvalue weighted by Crippen LogP contribution is -2.45. The van der Waals surface area contributed by atoms with Crippen LogP contribution in [-0.2, 0) is 4.79 Å². The lowest BCUT2D eigenvalue weighted by atomic mass is 9.97. The number of aryl methyl sites for hydroxylation is 2. The van der Waals surface area contributed by atoms with Crippen LogP contribution < -0.4 is 10.6 Å². The third-order valence-electron chi connectivity index (χ3n) is 4.67. The number of carbonyl (C=O) groups is 2. The Bertz CT molecular complexity index is 786. The van der Waals surface area contributed by atoms with Gasteiger partial charge < -0.3 is 15.5 Å². The first-order valence-corrected chi connectivity index (χ1v) is 9.01. The average molecular weight is 351 g/mol. The van der Waals surface area contributed by atoms with Gasteiger partial charge in [0.1, 0.15) is 0 Å². The van der Waals surface area contributed by atoms with E-state index < -0.39 is 0 Å². The van der Waals surface area contributed by atoms with Gasteiger partial charge in [-0.25, -0.2) is 4.79 Å². The minimum Gasteiger partial charge on any atom is -0.326 e. The maximum Gasteiger partial charge on any atom is 0.321 e. The predicted octanol–water partition coefficient (Wildman–Crippen LogP) is 4.19. The summed E-state index contributed by atoms with van der Waals surface area (Å²) in [4.78, 5) is 26.8. The summed E-state index contributed by atoms with van der Waals surface area (Å²) in [6.45, 7) is 5.11. The van der Waals surface area contributed by atoms with E-state index in [-0.39, 0.29) is 17.9 Å². The molecule has 3 amide bonds. The van der Waals surface area contributed by atoms with Crippen molar-refractivity contribution >= 4 is 23.3 Å². The van der Waals surface area contributed by atoms with Crippen molar-refractivity contribution in [3.63, 3.8) is 0 Å². The fourth-order valence-corrected chi connectivity index (χ4v) is 3.18. The number of hydrogen-bond acceptors (Lipinski definition) is 2. The summed E-state index contributed by atoms with van der Waals surface area (Å²) in [7, 11) is 0. The molecule has 0 aromatic heterocycles. The molecule has 5 nitrogen and oxygen atoms in total. The summed E-state index contributed by atoms with van der Waals surface area (Å²) in [6, 6.07) is 15.3. The van der Waals surface area contributed by atoms with Crippen molar-refractivity contribution in [1.29, 1.82) is 0 Å². The van der Waals surface area contributed by atoms with Gasteiger partial charge in [0.25, 0.3) is 0 Å². The first-order valence-electron chi connectivity index (χ1n) is 9.01. The molecule has 1 aliphatic heterocycles. The molecule has 0 unspecified atom stereocenters. The van der Waals surface area contributed by atoms with E-state index in [1.807, 2.05) is 62.4 Å². The molecular weight excluding hydrogens is 326 g/mol. The molecule has 0 bridgehead atoms. The first kappa shape index (κ1) is 18.0. The second kappa shape index (κ2) is 8.04. The summed E-state index contributed by atoms with van der Waals surface area (Å²) >= 11 is 0. The third-order valence-corrected chi connectivity index (χ3v) is 4.67. The second-order valence-corrected chi connectivity index (χ2v) is 6.94. The highest BCUT2D eigenvalue weighted by Crippen LogP contribution is 2.20. The van der Waals surface area contributed by atoms with Gasteiger partial charge in [0, 0.05) is 24.5 Å². The number of hydrogen-bond donors (Lipinski definition) is 2. The summed E-state index contributed by atoms with van der Waals surface area (Å²) in [5.41, 5.74) is 3.82. The van der Waals surface area contributed by atoms with Crippen molar-refractivity contribution in [3.05, 3.63) is 59.7 Å². The van der Waals surface area contributed by atoms with Gasteiger partial charge in [-0.05, 0) is 56.5 Å². The molecule has 0 radical (unpaired) electrons. The molecule has 136 valence electrons. The van der Waals surface area contributed by atoms with Gasteiger partial charge in [0.15, 0.2) is 0 Å². The molecule has 0 aliphatic carbocycles. The quantitative estimate of drug-likeness (QED) is 0.871. The Morgan fingerprint density at radius 3 is 2.46 bits per heavy atom. The van der Waals surface area contributed by atoms with E-state index >= 15 is 0 Å². The van der Waals surface area contributed by atoms with Crippen LogP contribution in [0.5, 0.6) is 0 Å². The normalized spacial score (nSPS) is 16.8. The number of amides is 3. The van der Waals surface area contributed by atoms with Crippen LogP contribution in [0.25, 0.3) is 0 Å². The minimum absolute atomic E-state index is 0.0260. The molecule has 2 aromatic rings. The van der Waals surface area contributed by atoms with Crippen molar-refractivity contribution < 1.29 is 9.59 Å². The van der Waals surface area contributed by atoms with Crippen LogP contribution in [0, 0.1) is 19.8 Å². The van der Waals surface area contributed by atoms with E-state index in [1.165, 1.54) is 0 Å². The number of nitrogens with zero attached hydrogens (tertiary/aromatic N) is 1. The van der Waals surface area contributed by atoms with Crippen LogP contribution in [0.15, 0.2) is 48.5 Å². The molecule has 2 N–H and O–H groups in total. The Morgan fingerprint density at radius 1 is 0.962 bits per heavy atom. The summed E-state index contributed by atoms with van der Waals surface area (Å²) < 4.78 is 0. The van der Waals surface area contributed by atoms with Gasteiger partial charge in [-0.15, -0.1) is 0 Å². The highest BCUT2D eigenvalue weighted by atomic mass is 16.2. The smallest absolute Gasteiger partial charge is 0.321 e. The van der Waals surface area contributed by atoms with E-state index in [0.717, 1.165) is 35.3 Å². The Morgan fingerprint density at radius 2 is 1.73 bits per heavy atom. The van der Waals surface area contributed by atoms with E-state index in [1.54, 1.807) is 4.90 Å². The predicted molar refractivity (Wildman–Crippen MR) is 104 cm³/mol. The highest BCUT2D eigenvalue weighted by molar-refractivity contribution is 5.94. The zero-order chi connectivity index (χ0) is 18.5. The van der Waals surface area contributed by atoms with E-state index in [4.69, 9.17) is 0 Å². The second-order valence-electron chi connectivity index (χ2n) is 6.94. The number of rotatable bonds is 3. The van der Waals surface area contributed by atoms with Crippen LogP contribution in [0.4, 0.5) is 16.2 Å². The monoisotopic (exact) mass is 351 g/mol. The number of nitrogens with one attached hydrogen (secondary N) is 2. The van der Waals surface area contributed by atoms with Crippen LogP contribution in [-0.4, -0.2) is 29.9 Å². The summed E-state index contributed by atoms with van der Waals surface area (Å²) in [6.07, 6.45) is 1.62. The van der Waals surface area contributed by atoms with Gasteiger partial charge in [-0.1, -0.05) is 29.8 Å². The van der Waals surface area contributed by atoms with Crippen molar-refractivity contribution in [3.8, 4) is 0 Å². The molecule has 1 aliphatic rings. The third kappa shape index (κ3) is 4.63. The molecule has 0 saturated carbocycles. The van der Waals surface area contributed by atoms with E-state index in [2.05, 4.69) is 10.6 Å². The summed E-state index contributed by atoms with van der Waals surface area (Å²) in [5, 5.41) is 5.88. The number of piperidine rings is 1. The van der Waals surface area contributed by atoms with Crippen molar-refractivity contribution in [1.82, 2.24) is 4.90 Å². The molecule has 1 fully saturated rings. The minimum atomic E-state index is -0.187. The number of carbonyl (C=O) groups excluding carboxylic acids is 2. The number of urea groups is 1. The van der Waals surface area contributed by atoms with Crippen LogP contribution in [0.2, 0.25) is 0 Å². The lowest BCUT2D eigenvalue weighted by Gasteiger charge is -2.32. The molecule has 2 aromatic carbocycles. The van der Waals surface area contributed by atoms with Crippen molar-refractivity contribution in [2.75, 3.05) is 23.7 Å². The Balaban J connectivity index is 1.58. The van der Waals surface area contributed by atoms with Gasteiger partial charge in [-0.2, -0.15) is 0 Å². The van der Waals surface area contributed by atoms with Crippen molar-refractivity contribution in [2.45, 2.75) is 26.7 Å². The topological polar surface area (TPSA) is 61.4 Å². The van der Waals surface area contributed by atoms with Gasteiger partial charge in [-0.3, -0.25) is 4.79 Å². The SMILES string of the molecule is Cc1ccc(NC(=O)[C@@H]2CCCN(C(=O)Nc3cccc(C)c3)C2)cc1. The van der Waals surface area contributed by atoms with Gasteiger partial charge in [0.2, 0.25) is 5.91 Å². The number of likely N-dealkylation sites (tertiary alicyclic amines) is 1. The van der Waals surface area contributed by atoms with Gasteiger partial charge in [0.05, 0.1) is 5.92 Å². The number of anilines is 2. The Labute approximate surface area is 154 Å². The average Bonchev–Trinajstić information content (AvgIpc) is 2.64. The highest BCUT2D eigenvalue weighted by Gasteiger charge is 2.28. The zero-order valence-corrected chi connectivity index (χ0v) is 15.3. The largest absolute Gasteiger partial charge is 0.326 e. The van der Waals surface area contributed by atoms with Crippen LogP contribution in [0.3, 0.4) is 0 Å². The maximum atomic E-state index is 12.6. The fraction of sp³-hybridized carbons (Fsp3) is 0.333. The molecular formula is C21H25N3O2. The molecule has 5 heteroatoms. The van der Waals surface area contributed by atoms with Crippen LogP contribution in [0.1, 0.15) is 24.0 Å². The fourth-order valence-electron chi connectivity index (χ4n) is 3.18. The van der Waals surface area contributed by atoms with Gasteiger partial charge >= 0.3 is 6.03 Å². The standard InChI is InChI=1S/C21H25N3O2/c1-15-8-10-18(11-9-15)22-20(25)17-6-4-12-24(14-17)21(26)23-19-7-3-5-16(2)13-19/h3,5,7-11,13,17H,4,6,12,14H2,1-2H3,(H,22,25)(H,23,26)/t17-/m1/s1. The molecule has 1 atom stereocenters. The molecule has 3 rings (SSSR count). The zero-order valence-electron chi connectivity index (χ0n) is 15.3. The van der Waals surface area contributed by atoms with E-state index in [0.29, 0.717) is 13.1 Å². The molecule has 1 saturated heterocycles. The van der Waals surface area contributed by atoms with E-state index in [9.17, 15) is 9.59 Å². The Kier molecular flexibility index (Phi) is 5.56. The lowest BCUT2D eigenvalue weighted by molar-refractivity contribution is -0.121. The summed E-state index contributed by atoms with van der Waals surface area (Å²) in [5.74, 6) is -0.213. The first-order chi connectivity index (χ1) is 12.5. The Hall–Kier alpha value is -2.82.